The van der Waals surface area contributed by atoms with E-state index in [1.165, 1.54) is 6.21 Å². The fraction of sp³-hybridized carbons (Fsp3) is 0.0204. The zero-order valence-electron chi connectivity index (χ0n) is 31.5. The average Bonchev–Trinajstić information content (AvgIpc) is 3.98. The van der Waals surface area contributed by atoms with Crippen LogP contribution in [0, 0.1) is 5.41 Å². The predicted octanol–water partition coefficient (Wildman–Crippen LogP) is 11.3. The predicted molar refractivity (Wildman–Crippen MR) is 241 cm³/mol. The number of allylic oxidation sites excluding steroid dienone is 6. The van der Waals surface area contributed by atoms with Gasteiger partial charge in [-0.2, -0.15) is 0 Å². The number of hydrogen-bond donors (Lipinski definition) is 2. The second-order valence-electron chi connectivity index (χ2n) is 14.3. The minimum absolute atomic E-state index is 0.809. The summed E-state index contributed by atoms with van der Waals surface area (Å²) in [7, 11) is 0. The first kappa shape index (κ1) is 33.3. The maximum absolute atomic E-state index is 7.81. The molecule has 0 bridgehead atoms. The summed E-state index contributed by atoms with van der Waals surface area (Å²) in [5, 5.41) is 12.3. The lowest BCUT2D eigenvalue weighted by molar-refractivity contribution is 1.16. The van der Waals surface area contributed by atoms with Crippen molar-refractivity contribution in [2.24, 2.45) is 5.73 Å². The summed E-state index contributed by atoms with van der Waals surface area (Å²) in [6.07, 6.45) is 14.1. The van der Waals surface area contributed by atoms with E-state index in [-0.39, 0.29) is 0 Å². The van der Waals surface area contributed by atoms with E-state index in [9.17, 15) is 0 Å². The van der Waals surface area contributed by atoms with E-state index in [4.69, 9.17) is 26.1 Å². The summed E-state index contributed by atoms with van der Waals surface area (Å²) >= 11 is 0. The number of hydrogen-bond acceptors (Lipinski definition) is 5. The van der Waals surface area contributed by atoms with Gasteiger partial charge in [-0.25, -0.2) is 4.98 Å². The number of nitrogens with one attached hydrogen (secondary N) is 1. The Morgan fingerprint density at radius 1 is 0.569 bits per heavy atom. The highest BCUT2D eigenvalue weighted by Gasteiger charge is 2.23. The van der Waals surface area contributed by atoms with Crippen LogP contribution in [-0.2, 0) is 0 Å². The van der Waals surface area contributed by atoms with Gasteiger partial charge in [-0.1, -0.05) is 49.1 Å². The third-order valence-corrected chi connectivity index (χ3v) is 11.3. The maximum Gasteiger partial charge on any atom is 0.116 e. The Labute approximate surface area is 331 Å². The molecule has 7 aromatic heterocycles. The van der Waals surface area contributed by atoms with Crippen LogP contribution in [0.5, 0.6) is 0 Å². The van der Waals surface area contributed by atoms with Crippen LogP contribution >= 0.6 is 0 Å². The molecule has 0 spiro atoms. The minimum Gasteiger partial charge on any atom is -0.405 e. The van der Waals surface area contributed by atoms with E-state index in [2.05, 4.69) is 128 Å². The van der Waals surface area contributed by atoms with Crippen molar-refractivity contribution < 1.29 is 0 Å². The van der Waals surface area contributed by atoms with Gasteiger partial charge >= 0.3 is 0 Å². The molecule has 4 aromatic carbocycles. The maximum atomic E-state index is 7.81. The molecule has 0 radical (unpaired) electrons. The van der Waals surface area contributed by atoms with E-state index < -0.39 is 0 Å². The molecule has 0 aliphatic rings. The zero-order valence-corrected chi connectivity index (χ0v) is 31.5. The monoisotopic (exact) mass is 749 g/mol. The van der Waals surface area contributed by atoms with Gasteiger partial charge in [-0.05, 0) is 110 Å². The van der Waals surface area contributed by atoms with Crippen molar-refractivity contribution in [2.75, 3.05) is 0 Å². The van der Waals surface area contributed by atoms with Crippen molar-refractivity contribution in [3.05, 3.63) is 165 Å². The molecule has 0 aliphatic heterocycles. The first-order chi connectivity index (χ1) is 28.6. The SMILES string of the molecule is C=C/C(=C\C=N)n1c2ccccc2c2cc(-n3c4cccnc4c4nc5c6ncccc6n(-c6ccc7c(c6)c6ccccc6n7C(/C=C\N)=C/C)c5cc43)ccc21. The second-order valence-corrected chi connectivity index (χ2v) is 14.3. The van der Waals surface area contributed by atoms with Gasteiger partial charge in [0.2, 0.25) is 0 Å². The van der Waals surface area contributed by atoms with Crippen LogP contribution in [0.15, 0.2) is 165 Å². The van der Waals surface area contributed by atoms with Crippen LogP contribution in [-0.4, -0.2) is 39.4 Å². The van der Waals surface area contributed by atoms with Crippen LogP contribution in [0.4, 0.5) is 0 Å². The number of nitrogens with two attached hydrogens (primary N) is 1. The topological polar surface area (TPSA) is 108 Å². The lowest BCUT2D eigenvalue weighted by Gasteiger charge is -2.12. The van der Waals surface area contributed by atoms with E-state index in [1.54, 1.807) is 18.4 Å². The number of para-hydroxylation sites is 2. The molecule has 276 valence electrons. The Balaban J connectivity index is 1.21. The molecular weight excluding hydrogens is 715 g/mol. The summed E-state index contributed by atoms with van der Waals surface area (Å²) < 4.78 is 8.98. The molecule has 9 nitrogen and oxygen atoms in total. The van der Waals surface area contributed by atoms with Crippen LogP contribution in [0.3, 0.4) is 0 Å². The molecule has 9 heteroatoms. The van der Waals surface area contributed by atoms with Gasteiger partial charge in [-0.3, -0.25) is 9.97 Å². The van der Waals surface area contributed by atoms with Crippen molar-refractivity contribution in [3.8, 4) is 11.4 Å². The molecule has 11 aromatic rings. The van der Waals surface area contributed by atoms with Gasteiger partial charge in [-0.15, -0.1) is 0 Å². The summed E-state index contributed by atoms with van der Waals surface area (Å²) in [4.78, 5) is 15.2. The number of fused-ring (bicyclic) bond motifs is 12. The average molecular weight is 750 g/mol. The fourth-order valence-corrected chi connectivity index (χ4v) is 8.99. The smallest absolute Gasteiger partial charge is 0.116 e. The lowest BCUT2D eigenvalue weighted by atomic mass is 10.1. The largest absolute Gasteiger partial charge is 0.405 e. The number of pyridine rings is 3. The highest BCUT2D eigenvalue weighted by molar-refractivity contribution is 6.16. The second kappa shape index (κ2) is 12.8. The van der Waals surface area contributed by atoms with E-state index in [0.29, 0.717) is 0 Å². The van der Waals surface area contributed by atoms with E-state index >= 15 is 0 Å². The number of rotatable bonds is 7. The van der Waals surface area contributed by atoms with Gasteiger partial charge in [0.25, 0.3) is 0 Å². The zero-order chi connectivity index (χ0) is 39.1. The standard InChI is InChI=1S/C49H35N9/c1-3-30(21-23-50)55-38-13-7-5-11-34(38)36-27-32(17-19-40(36)55)57-42-15-9-25-52-46(42)48-44(57)29-45-49(54-48)47-43(16-10-26-53-47)58(45)33-18-20-41-37(28-33)35-12-6-8-14-39(35)56(41)31(4-2)22-24-51/h3-29,50H,1,51H2,2H3/b24-22-,30-21+,31-4+,50-23?. The Morgan fingerprint density at radius 3 is 1.57 bits per heavy atom. The Morgan fingerprint density at radius 2 is 1.07 bits per heavy atom. The van der Waals surface area contributed by atoms with Gasteiger partial charge in [0, 0.05) is 62.9 Å². The molecule has 0 fully saturated rings. The molecule has 0 aliphatic carbocycles. The first-order valence-electron chi connectivity index (χ1n) is 19.1. The number of nitrogens with zero attached hydrogens (tertiary/aromatic N) is 7. The first-order valence-corrected chi connectivity index (χ1v) is 19.1. The fourth-order valence-electron chi connectivity index (χ4n) is 8.99. The molecule has 0 saturated heterocycles. The molecule has 0 amide bonds. The van der Waals surface area contributed by atoms with Crippen LogP contribution in [0.25, 0.3) is 111 Å². The van der Waals surface area contributed by atoms with Crippen molar-refractivity contribution in [2.45, 2.75) is 6.92 Å². The molecule has 58 heavy (non-hydrogen) atoms. The third kappa shape index (κ3) is 4.58. The van der Waals surface area contributed by atoms with Gasteiger partial charge in [0.1, 0.15) is 22.1 Å². The van der Waals surface area contributed by atoms with Crippen molar-refractivity contribution >= 4 is 105 Å². The Kier molecular flexibility index (Phi) is 7.33. The van der Waals surface area contributed by atoms with Crippen molar-refractivity contribution in [3.63, 3.8) is 0 Å². The molecule has 0 atom stereocenters. The molecule has 7 heterocycles. The Bertz CT molecular complexity index is 3640. The van der Waals surface area contributed by atoms with Crippen LogP contribution in [0.2, 0.25) is 0 Å². The van der Waals surface area contributed by atoms with E-state index in [0.717, 1.165) is 111 Å². The summed E-state index contributed by atoms with van der Waals surface area (Å²) in [6.45, 7) is 6.10. The number of aromatic nitrogens is 7. The highest BCUT2D eigenvalue weighted by atomic mass is 15.1. The van der Waals surface area contributed by atoms with Crippen molar-refractivity contribution in [1.82, 2.24) is 33.2 Å². The summed E-state index contributed by atoms with van der Waals surface area (Å²) in [5.74, 6) is 0. The third-order valence-electron chi connectivity index (χ3n) is 11.3. The molecule has 11 rings (SSSR count). The van der Waals surface area contributed by atoms with E-state index in [1.807, 2.05) is 43.6 Å². The van der Waals surface area contributed by atoms with Gasteiger partial charge in [0.05, 0.1) is 44.1 Å². The molecule has 0 saturated carbocycles. The molecule has 0 unspecified atom stereocenters. The van der Waals surface area contributed by atoms with Gasteiger partial charge < -0.3 is 29.4 Å². The Hall–Kier alpha value is -8.04. The number of benzene rings is 4. The normalized spacial score (nSPS) is 12.9. The summed E-state index contributed by atoms with van der Waals surface area (Å²) in [5.41, 5.74) is 21.1. The minimum atomic E-state index is 0.809. The van der Waals surface area contributed by atoms with Crippen LogP contribution < -0.4 is 5.73 Å². The van der Waals surface area contributed by atoms with Crippen molar-refractivity contribution in [1.29, 1.82) is 5.41 Å². The molecule has 3 N–H and O–H groups in total. The lowest BCUT2D eigenvalue weighted by Crippen LogP contribution is -1.98. The quantitative estimate of drug-likeness (QED) is 0.125. The van der Waals surface area contributed by atoms with Crippen LogP contribution in [0.1, 0.15) is 6.92 Å². The van der Waals surface area contributed by atoms with Gasteiger partial charge in [0.15, 0.2) is 0 Å². The molecular formula is C49H35N9. The highest BCUT2D eigenvalue weighted by Crippen LogP contribution is 2.40. The summed E-state index contributed by atoms with van der Waals surface area (Å²) in [6, 6.07) is 40.5.